The number of rotatable bonds is 3. The molecule has 5 nitrogen and oxygen atoms in total. The van der Waals surface area contributed by atoms with Crippen LogP contribution in [0.4, 0.5) is 18.9 Å². The van der Waals surface area contributed by atoms with E-state index in [4.69, 9.17) is 10.4 Å². The van der Waals surface area contributed by atoms with Crippen molar-refractivity contribution in [2.24, 2.45) is 5.92 Å². The quantitative estimate of drug-likeness (QED) is 0.896. The van der Waals surface area contributed by atoms with E-state index in [1.54, 1.807) is 6.07 Å². The largest absolute Gasteiger partial charge is 0.481 e. The molecule has 2 rings (SSSR count). The Morgan fingerprint density at radius 1 is 1.48 bits per heavy atom. The van der Waals surface area contributed by atoms with Crippen LogP contribution >= 0.6 is 0 Å². The average Bonchev–Trinajstić information content (AvgIpc) is 2.86. The second-order valence-electron chi connectivity index (χ2n) is 4.86. The van der Waals surface area contributed by atoms with Crippen LogP contribution in [-0.4, -0.2) is 22.1 Å². The summed E-state index contributed by atoms with van der Waals surface area (Å²) in [5.74, 6) is -1.67. The molecule has 8 heteroatoms. The molecule has 1 aromatic heterocycles. The van der Waals surface area contributed by atoms with Crippen LogP contribution in [0.2, 0.25) is 0 Å². The highest BCUT2D eigenvalue weighted by molar-refractivity contribution is 5.72. The molecule has 1 saturated carbocycles. The van der Waals surface area contributed by atoms with Crippen LogP contribution in [0.25, 0.3) is 0 Å². The summed E-state index contributed by atoms with van der Waals surface area (Å²) in [6, 6.07) is 2.00. The zero-order valence-electron chi connectivity index (χ0n) is 10.8. The summed E-state index contributed by atoms with van der Waals surface area (Å²) in [6.45, 7) is 0. The number of hydrogen-bond donors (Lipinski definition) is 2. The molecule has 0 aromatic carbocycles. The predicted octanol–water partition coefficient (Wildman–Crippen LogP) is 2.64. The van der Waals surface area contributed by atoms with Gasteiger partial charge in [0.15, 0.2) is 5.69 Å². The second-order valence-corrected chi connectivity index (χ2v) is 4.86. The first-order chi connectivity index (χ1) is 9.82. The van der Waals surface area contributed by atoms with Crippen molar-refractivity contribution in [1.29, 1.82) is 5.26 Å². The lowest BCUT2D eigenvalue weighted by Gasteiger charge is -2.20. The predicted molar refractivity (Wildman–Crippen MR) is 66.3 cm³/mol. The molecule has 2 atom stereocenters. The maximum Gasteiger partial charge on any atom is 0.417 e. The van der Waals surface area contributed by atoms with E-state index in [0.29, 0.717) is 25.5 Å². The number of anilines is 1. The summed E-state index contributed by atoms with van der Waals surface area (Å²) < 4.78 is 38.0. The zero-order chi connectivity index (χ0) is 15.6. The topological polar surface area (TPSA) is 86.0 Å². The zero-order valence-corrected chi connectivity index (χ0v) is 10.8. The molecule has 1 aromatic rings. The van der Waals surface area contributed by atoms with Crippen LogP contribution in [-0.2, 0) is 11.0 Å². The first-order valence-electron chi connectivity index (χ1n) is 6.29. The molecule has 112 valence electrons. The maximum absolute atomic E-state index is 12.7. The highest BCUT2D eigenvalue weighted by Crippen LogP contribution is 2.33. The Kier molecular flexibility index (Phi) is 4.02. The van der Waals surface area contributed by atoms with Gasteiger partial charge in [-0.1, -0.05) is 6.42 Å². The molecule has 1 aliphatic rings. The minimum absolute atomic E-state index is 0.0783. The summed E-state index contributed by atoms with van der Waals surface area (Å²) in [6.07, 6.45) is -2.32. The molecule has 0 amide bonds. The second kappa shape index (κ2) is 5.60. The Hall–Kier alpha value is -2.30. The van der Waals surface area contributed by atoms with Gasteiger partial charge in [0.25, 0.3) is 0 Å². The van der Waals surface area contributed by atoms with Crippen LogP contribution in [0.15, 0.2) is 12.3 Å². The number of aromatic nitrogens is 1. The molecule has 0 radical (unpaired) electrons. The molecule has 0 unspecified atom stereocenters. The van der Waals surface area contributed by atoms with Crippen LogP contribution in [0.5, 0.6) is 0 Å². The molecule has 2 N–H and O–H groups in total. The van der Waals surface area contributed by atoms with Crippen molar-refractivity contribution >= 4 is 11.7 Å². The van der Waals surface area contributed by atoms with Crippen molar-refractivity contribution in [2.45, 2.75) is 31.5 Å². The molecular weight excluding hydrogens is 287 g/mol. The number of nitrogens with one attached hydrogen (secondary N) is 1. The number of nitriles is 1. The van der Waals surface area contributed by atoms with E-state index in [1.807, 2.05) is 0 Å². The summed E-state index contributed by atoms with van der Waals surface area (Å²) in [5, 5.41) is 20.7. The number of hydrogen-bond acceptors (Lipinski definition) is 4. The van der Waals surface area contributed by atoms with Gasteiger partial charge in [-0.25, -0.2) is 4.98 Å². The number of pyridine rings is 1. The Bertz CT molecular complexity index is 595. The van der Waals surface area contributed by atoms with Gasteiger partial charge in [-0.15, -0.1) is 0 Å². The fourth-order valence-electron chi connectivity index (χ4n) is 2.45. The Labute approximate surface area is 118 Å². The number of carboxylic acid groups (broad SMARTS) is 1. The third-order valence-electron chi connectivity index (χ3n) is 3.49. The fourth-order valence-corrected chi connectivity index (χ4v) is 2.45. The Morgan fingerprint density at radius 2 is 2.19 bits per heavy atom. The SMILES string of the molecule is N#Cc1ncc(C(F)(F)F)cc1N[C@H]1CCC[C@H]1C(=O)O. The first kappa shape index (κ1) is 15.1. The molecule has 0 bridgehead atoms. The number of carboxylic acids is 1. The van der Waals surface area contributed by atoms with Gasteiger partial charge < -0.3 is 10.4 Å². The molecule has 0 aliphatic heterocycles. The lowest BCUT2D eigenvalue weighted by Crippen LogP contribution is -2.30. The molecule has 21 heavy (non-hydrogen) atoms. The highest BCUT2D eigenvalue weighted by Gasteiger charge is 2.35. The molecule has 1 aliphatic carbocycles. The lowest BCUT2D eigenvalue weighted by molar-refractivity contribution is -0.141. The molecule has 0 saturated heterocycles. The summed E-state index contributed by atoms with van der Waals surface area (Å²) >= 11 is 0. The van der Waals surface area contributed by atoms with Crippen LogP contribution in [0.1, 0.15) is 30.5 Å². The first-order valence-corrected chi connectivity index (χ1v) is 6.29. The van der Waals surface area contributed by atoms with Gasteiger partial charge in [-0.2, -0.15) is 18.4 Å². The van der Waals surface area contributed by atoms with E-state index < -0.39 is 29.7 Å². The van der Waals surface area contributed by atoms with Crippen molar-refractivity contribution in [2.75, 3.05) is 5.32 Å². The van der Waals surface area contributed by atoms with E-state index in [2.05, 4.69) is 10.3 Å². The van der Waals surface area contributed by atoms with E-state index in [-0.39, 0.29) is 11.4 Å². The van der Waals surface area contributed by atoms with Crippen LogP contribution in [0.3, 0.4) is 0 Å². The monoisotopic (exact) mass is 299 g/mol. The lowest BCUT2D eigenvalue weighted by atomic mass is 10.0. The maximum atomic E-state index is 12.7. The third-order valence-corrected chi connectivity index (χ3v) is 3.49. The standard InChI is InChI=1S/C13H12F3N3O2/c14-13(15,16)7-4-10(11(5-17)18-6-7)19-9-3-1-2-8(9)12(20)21/h4,6,8-9,19H,1-3H2,(H,20,21)/t8-,9+/m1/s1. The molecular formula is C13H12F3N3O2. The summed E-state index contributed by atoms with van der Waals surface area (Å²) in [7, 11) is 0. The van der Waals surface area contributed by atoms with Gasteiger partial charge in [0.2, 0.25) is 0 Å². The average molecular weight is 299 g/mol. The van der Waals surface area contributed by atoms with E-state index >= 15 is 0 Å². The normalized spacial score (nSPS) is 21.8. The van der Waals surface area contributed by atoms with Gasteiger partial charge >= 0.3 is 12.1 Å². The van der Waals surface area contributed by atoms with Gasteiger partial charge in [0.05, 0.1) is 17.2 Å². The highest BCUT2D eigenvalue weighted by atomic mass is 19.4. The van der Waals surface area contributed by atoms with Gasteiger partial charge in [0.1, 0.15) is 6.07 Å². The van der Waals surface area contributed by atoms with Crippen LogP contribution in [0, 0.1) is 17.2 Å². The smallest absolute Gasteiger partial charge is 0.417 e. The van der Waals surface area contributed by atoms with Gasteiger partial charge in [0, 0.05) is 12.2 Å². The van der Waals surface area contributed by atoms with Crippen molar-refractivity contribution < 1.29 is 23.1 Å². The molecule has 0 spiro atoms. The fraction of sp³-hybridized carbons (Fsp3) is 0.462. The molecule has 1 fully saturated rings. The Balaban J connectivity index is 2.30. The number of carbonyl (C=O) groups is 1. The number of aliphatic carboxylic acids is 1. The van der Waals surface area contributed by atoms with Crippen molar-refractivity contribution in [3.05, 3.63) is 23.5 Å². The van der Waals surface area contributed by atoms with Crippen molar-refractivity contribution in [3.63, 3.8) is 0 Å². The van der Waals surface area contributed by atoms with E-state index in [1.165, 1.54) is 0 Å². The Morgan fingerprint density at radius 3 is 2.76 bits per heavy atom. The van der Waals surface area contributed by atoms with Crippen molar-refractivity contribution in [3.8, 4) is 6.07 Å². The van der Waals surface area contributed by atoms with Crippen molar-refractivity contribution in [1.82, 2.24) is 4.98 Å². The van der Waals surface area contributed by atoms with E-state index in [9.17, 15) is 18.0 Å². The third kappa shape index (κ3) is 3.24. The van der Waals surface area contributed by atoms with Gasteiger partial charge in [-0.05, 0) is 18.9 Å². The molecule has 1 heterocycles. The number of nitrogens with zero attached hydrogens (tertiary/aromatic N) is 2. The summed E-state index contributed by atoms with van der Waals surface area (Å²) in [5.41, 5.74) is -1.24. The minimum atomic E-state index is -4.57. The summed E-state index contributed by atoms with van der Waals surface area (Å²) in [4.78, 5) is 14.6. The number of alkyl halides is 3. The minimum Gasteiger partial charge on any atom is -0.481 e. The number of halogens is 3. The van der Waals surface area contributed by atoms with E-state index in [0.717, 1.165) is 6.07 Å². The van der Waals surface area contributed by atoms with Gasteiger partial charge in [-0.3, -0.25) is 4.79 Å². The van der Waals surface area contributed by atoms with Crippen LogP contribution < -0.4 is 5.32 Å².